The highest BCUT2D eigenvalue weighted by Gasteiger charge is 2.33. The second-order valence-electron chi connectivity index (χ2n) is 10.1. The highest BCUT2D eigenvalue weighted by molar-refractivity contribution is 4.89. The molecule has 160 valence electrons. The molecule has 0 amide bonds. The molecule has 2 aliphatic rings. The molecule has 0 saturated carbocycles. The van der Waals surface area contributed by atoms with Crippen LogP contribution in [0.2, 0.25) is 0 Å². The van der Waals surface area contributed by atoms with Gasteiger partial charge in [0.2, 0.25) is 0 Å². The van der Waals surface area contributed by atoms with Gasteiger partial charge in [0.25, 0.3) is 0 Å². The average Bonchev–Trinajstić information content (AvgIpc) is 2.57. The first kappa shape index (κ1) is 23.1. The Balaban J connectivity index is 1.79. The quantitative estimate of drug-likeness (QED) is 0.666. The van der Waals surface area contributed by atoms with Gasteiger partial charge in [-0.3, -0.25) is 19.6 Å². The Kier molecular flexibility index (Phi) is 8.60. The van der Waals surface area contributed by atoms with E-state index in [9.17, 15) is 0 Å². The third-order valence-electron chi connectivity index (χ3n) is 7.23. The van der Waals surface area contributed by atoms with Crippen LogP contribution in [-0.2, 0) is 0 Å². The lowest BCUT2D eigenvalue weighted by Gasteiger charge is -2.48. The van der Waals surface area contributed by atoms with E-state index in [1.807, 2.05) is 0 Å². The van der Waals surface area contributed by atoms with Gasteiger partial charge in [0.1, 0.15) is 0 Å². The van der Waals surface area contributed by atoms with E-state index in [-0.39, 0.29) is 0 Å². The van der Waals surface area contributed by atoms with Gasteiger partial charge in [-0.15, -0.1) is 0 Å². The van der Waals surface area contributed by atoms with Gasteiger partial charge in [-0.25, -0.2) is 0 Å². The predicted molar refractivity (Wildman–Crippen MR) is 119 cm³/mol. The number of rotatable bonds is 7. The number of piperazine rings is 2. The monoisotopic (exact) mass is 380 g/mol. The maximum atomic E-state index is 2.75. The summed E-state index contributed by atoms with van der Waals surface area (Å²) < 4.78 is 0. The summed E-state index contributed by atoms with van der Waals surface area (Å²) in [6.45, 7) is 27.6. The Labute approximate surface area is 170 Å². The van der Waals surface area contributed by atoms with Crippen LogP contribution in [0.4, 0.5) is 0 Å². The summed E-state index contributed by atoms with van der Waals surface area (Å²) in [4.78, 5) is 10.8. The maximum Gasteiger partial charge on any atom is 0.0201 e. The van der Waals surface area contributed by atoms with Gasteiger partial charge in [-0.1, -0.05) is 0 Å². The van der Waals surface area contributed by atoms with Crippen LogP contribution in [0, 0.1) is 0 Å². The van der Waals surface area contributed by atoms with E-state index in [1.165, 1.54) is 45.6 Å². The first-order valence-corrected chi connectivity index (χ1v) is 11.6. The summed E-state index contributed by atoms with van der Waals surface area (Å²) in [5.41, 5.74) is 0. The minimum Gasteiger partial charge on any atom is -0.298 e. The predicted octanol–water partition coefficient (Wildman–Crippen LogP) is 3.76. The van der Waals surface area contributed by atoms with Gasteiger partial charge < -0.3 is 0 Å². The molecule has 0 aliphatic carbocycles. The fourth-order valence-corrected chi connectivity index (χ4v) is 5.77. The molecule has 27 heavy (non-hydrogen) atoms. The third-order valence-corrected chi connectivity index (χ3v) is 7.23. The highest BCUT2D eigenvalue weighted by Crippen LogP contribution is 2.23. The van der Waals surface area contributed by atoms with Gasteiger partial charge in [-0.05, 0) is 75.2 Å². The molecule has 0 spiro atoms. The molecule has 0 radical (unpaired) electrons. The van der Waals surface area contributed by atoms with E-state index in [0.29, 0.717) is 42.3 Å². The smallest absolute Gasteiger partial charge is 0.0201 e. The van der Waals surface area contributed by atoms with Crippen LogP contribution in [0.25, 0.3) is 0 Å². The molecule has 0 aromatic carbocycles. The minimum absolute atomic E-state index is 0.652. The third kappa shape index (κ3) is 5.91. The van der Waals surface area contributed by atoms with Crippen LogP contribution in [-0.4, -0.2) is 94.6 Å². The first-order valence-electron chi connectivity index (χ1n) is 11.6. The van der Waals surface area contributed by atoms with Gasteiger partial charge in [0, 0.05) is 75.0 Å². The topological polar surface area (TPSA) is 13.0 Å². The van der Waals surface area contributed by atoms with E-state index >= 15 is 0 Å². The molecular weight excluding hydrogens is 332 g/mol. The summed E-state index contributed by atoms with van der Waals surface area (Å²) in [5, 5.41) is 0. The molecule has 4 nitrogen and oxygen atoms in total. The van der Waals surface area contributed by atoms with Gasteiger partial charge in [-0.2, -0.15) is 0 Å². The molecule has 5 atom stereocenters. The van der Waals surface area contributed by atoms with Gasteiger partial charge in [0.15, 0.2) is 0 Å². The Morgan fingerprint density at radius 2 is 1.11 bits per heavy atom. The number of hydrogen-bond donors (Lipinski definition) is 0. The maximum absolute atomic E-state index is 2.75. The fourth-order valence-electron chi connectivity index (χ4n) is 5.77. The van der Waals surface area contributed by atoms with Crippen molar-refractivity contribution in [2.24, 2.45) is 0 Å². The largest absolute Gasteiger partial charge is 0.298 e. The lowest BCUT2D eigenvalue weighted by molar-refractivity contribution is -0.00384. The van der Waals surface area contributed by atoms with Crippen molar-refractivity contribution in [1.82, 2.24) is 19.6 Å². The summed E-state index contributed by atoms with van der Waals surface area (Å²) in [6.07, 6.45) is 2.64. The molecule has 2 rings (SSSR count). The van der Waals surface area contributed by atoms with Crippen LogP contribution in [0.5, 0.6) is 0 Å². The zero-order valence-electron chi connectivity index (χ0n) is 19.8. The van der Waals surface area contributed by atoms with Crippen molar-refractivity contribution in [3.8, 4) is 0 Å². The molecule has 0 N–H and O–H groups in total. The highest BCUT2D eigenvalue weighted by atomic mass is 15.3. The van der Waals surface area contributed by atoms with Crippen LogP contribution in [0.15, 0.2) is 0 Å². The Morgan fingerprint density at radius 3 is 1.56 bits per heavy atom. The van der Waals surface area contributed by atoms with Crippen LogP contribution >= 0.6 is 0 Å². The molecule has 2 unspecified atom stereocenters. The number of nitrogens with zero attached hydrogens (tertiary/aromatic N) is 4. The standard InChI is InChI=1S/C23H48N4/c1-17(2)26-13-12-24(14-21(26)7)19(5)10-11-20(6)25-15-22(8)27(18(3)4)23(9)16-25/h17-23H,10-16H2,1-9H3/t19?,20?,21-,22-,23+/m1/s1. The van der Waals surface area contributed by atoms with Crippen LogP contribution in [0.1, 0.15) is 75.2 Å². The Hall–Kier alpha value is -0.160. The SMILES string of the molecule is CC(CCC(C)N1C[C@@H](C)N(C(C)C)[C@@H](C)C1)N1CCN(C(C)C)[C@H](C)C1. The minimum atomic E-state index is 0.652. The lowest BCUT2D eigenvalue weighted by Crippen LogP contribution is -2.60. The number of hydrogen-bond acceptors (Lipinski definition) is 4. The molecule has 0 aromatic heterocycles. The van der Waals surface area contributed by atoms with Crippen molar-refractivity contribution in [3.05, 3.63) is 0 Å². The molecule has 2 heterocycles. The summed E-state index contributed by atoms with van der Waals surface area (Å²) in [6, 6.07) is 4.74. The molecule has 2 fully saturated rings. The fraction of sp³-hybridized carbons (Fsp3) is 1.00. The molecule has 0 bridgehead atoms. The summed E-state index contributed by atoms with van der Waals surface area (Å²) in [7, 11) is 0. The van der Waals surface area contributed by atoms with E-state index in [2.05, 4.69) is 81.9 Å². The summed E-state index contributed by atoms with van der Waals surface area (Å²) >= 11 is 0. The molecule has 4 heteroatoms. The average molecular weight is 381 g/mol. The first-order chi connectivity index (χ1) is 12.6. The van der Waals surface area contributed by atoms with E-state index in [4.69, 9.17) is 0 Å². The van der Waals surface area contributed by atoms with Crippen molar-refractivity contribution >= 4 is 0 Å². The second kappa shape index (κ2) is 10.0. The second-order valence-corrected chi connectivity index (χ2v) is 10.1. The summed E-state index contributed by atoms with van der Waals surface area (Å²) in [5.74, 6) is 0. The lowest BCUT2D eigenvalue weighted by atomic mass is 10.00. The van der Waals surface area contributed by atoms with Crippen LogP contribution < -0.4 is 0 Å². The van der Waals surface area contributed by atoms with Crippen molar-refractivity contribution in [2.45, 2.75) is 117 Å². The van der Waals surface area contributed by atoms with Crippen molar-refractivity contribution in [2.75, 3.05) is 32.7 Å². The van der Waals surface area contributed by atoms with Gasteiger partial charge in [0.05, 0.1) is 0 Å². The van der Waals surface area contributed by atoms with Crippen molar-refractivity contribution in [3.63, 3.8) is 0 Å². The van der Waals surface area contributed by atoms with E-state index < -0.39 is 0 Å². The molecule has 0 aromatic rings. The van der Waals surface area contributed by atoms with Crippen molar-refractivity contribution < 1.29 is 0 Å². The van der Waals surface area contributed by atoms with Crippen LogP contribution in [0.3, 0.4) is 0 Å². The zero-order chi connectivity index (χ0) is 20.3. The van der Waals surface area contributed by atoms with Crippen molar-refractivity contribution in [1.29, 1.82) is 0 Å². The van der Waals surface area contributed by atoms with E-state index in [1.54, 1.807) is 0 Å². The van der Waals surface area contributed by atoms with E-state index in [0.717, 1.165) is 0 Å². The Morgan fingerprint density at radius 1 is 0.630 bits per heavy atom. The zero-order valence-corrected chi connectivity index (χ0v) is 19.8. The molecular formula is C23H48N4. The molecule has 2 saturated heterocycles. The molecule has 2 aliphatic heterocycles. The Bertz CT molecular complexity index is 426. The van der Waals surface area contributed by atoms with Gasteiger partial charge >= 0.3 is 0 Å². The normalized spacial score (nSPS) is 32.3.